The maximum absolute atomic E-state index is 13.0. The molecule has 12 heterocycles. The van der Waals surface area contributed by atoms with E-state index >= 15 is 0 Å². The van der Waals surface area contributed by atoms with Crippen molar-refractivity contribution in [2.45, 2.75) is 113 Å². The molecule has 7 atom stereocenters. The number of ketones is 3. The highest BCUT2D eigenvalue weighted by molar-refractivity contribution is 9.10. The predicted octanol–water partition coefficient (Wildman–Crippen LogP) is 19.2. The highest BCUT2D eigenvalue weighted by Crippen LogP contribution is 2.53. The van der Waals surface area contributed by atoms with E-state index < -0.39 is 12.1 Å². The summed E-state index contributed by atoms with van der Waals surface area (Å²) in [6, 6.07) is 42.1. The molecule has 7 aliphatic heterocycles. The van der Waals surface area contributed by atoms with E-state index in [1.165, 1.54) is 55.7 Å². The van der Waals surface area contributed by atoms with Gasteiger partial charge in [0.2, 0.25) is 11.8 Å². The summed E-state index contributed by atoms with van der Waals surface area (Å²) in [6.07, 6.45) is 6.17. The molecule has 3 aliphatic carbocycles. The van der Waals surface area contributed by atoms with E-state index in [1.54, 1.807) is 29.8 Å². The van der Waals surface area contributed by atoms with Crippen molar-refractivity contribution in [1.29, 1.82) is 0 Å². The first-order valence-electron chi connectivity index (χ1n) is 45.3. The van der Waals surface area contributed by atoms with Crippen LogP contribution in [-0.2, 0) is 44.6 Å². The zero-order valence-electron chi connectivity index (χ0n) is 74.2. The van der Waals surface area contributed by atoms with E-state index in [0.717, 1.165) is 223 Å². The number of carbonyl (C=O) groups excluding carboxylic acids is 7. The van der Waals surface area contributed by atoms with Crippen molar-refractivity contribution >= 4 is 197 Å². The summed E-state index contributed by atoms with van der Waals surface area (Å²) in [6.45, 7) is 20.8. The number of aliphatic hydroxyl groups excluding tert-OH is 1. The fraction of sp³-hybridized carbons (Fsp3) is 0.424. The molecular formula is C99H107BrCl5N9O14S5. The number of Topliss-reactive ketones (excluding diaryl/α,β-unsaturated/α-hetero) is 3. The number of hydrogen-bond donors (Lipinski definition) is 5. The molecule has 0 bridgehead atoms. The average Bonchev–Trinajstić information content (AvgIpc) is 1.61. The number of halogens is 6. The first-order valence-corrected chi connectivity index (χ1v) is 52.1. The summed E-state index contributed by atoms with van der Waals surface area (Å²) in [5.74, 6) is 0.0407. The van der Waals surface area contributed by atoms with Gasteiger partial charge in [0, 0.05) is 165 Å². The number of thiophene rings is 5. The van der Waals surface area contributed by atoms with Crippen LogP contribution in [0.5, 0.6) is 0 Å². The number of hydrogen-bond acceptors (Lipinski definition) is 24. The number of benzene rings is 5. The van der Waals surface area contributed by atoms with Crippen LogP contribution in [0, 0.1) is 6.92 Å². The van der Waals surface area contributed by atoms with Gasteiger partial charge >= 0.3 is 0 Å². The van der Waals surface area contributed by atoms with Crippen LogP contribution in [0.15, 0.2) is 138 Å². The summed E-state index contributed by atoms with van der Waals surface area (Å²) < 4.78 is 33.3. The van der Waals surface area contributed by atoms with Gasteiger partial charge in [0.05, 0.1) is 128 Å². The number of ether oxygens (including phenoxy) is 6. The summed E-state index contributed by atoms with van der Waals surface area (Å²) >= 11 is 42.1. The van der Waals surface area contributed by atoms with E-state index in [9.17, 15) is 38.7 Å². The average molecular weight is 2060 g/mol. The molecule has 0 saturated carbocycles. The SMILES string of the molecule is CCCCNC(=O)[C@@H]1NC(=O)c2sc(N3CCOCC3)cc2[C@H]1c1ccc(Cl)cc1.COCCNC(=O)[C@@H]1NC(=O)c2sc(N3CCOCC3)cc2[C@H]1c1ccc(Cl)cc1.Cc1ccc(C2CCC(=O)c3sc(N4CCOCC4)cc32)cc1Cl.O=C1CCC(c2ccc(Cl)cc2)c2c1sc(N1CCOCC1)c2Br.O=C1CCC(c2ccc(Cl)cc2)c2c1sc(N1CCOCC1)c2CO. The zero-order valence-corrected chi connectivity index (χ0v) is 83.6. The number of aryl methyl sites for hydroxylation is 1. The maximum atomic E-state index is 13.0. The van der Waals surface area contributed by atoms with Crippen LogP contribution in [0.4, 0.5) is 25.0 Å². The number of nitrogens with one attached hydrogen (secondary N) is 4. The van der Waals surface area contributed by atoms with Gasteiger partial charge in [-0.1, -0.05) is 132 Å². The molecule has 5 aromatic heterocycles. The molecule has 704 valence electrons. The lowest BCUT2D eigenvalue weighted by Gasteiger charge is -2.32. The van der Waals surface area contributed by atoms with Crippen molar-refractivity contribution in [1.82, 2.24) is 21.3 Å². The Morgan fingerprint density at radius 1 is 0.444 bits per heavy atom. The second-order valence-corrected chi connectivity index (χ2v) is 41.9. The van der Waals surface area contributed by atoms with Gasteiger partial charge in [0.15, 0.2) is 17.3 Å². The molecule has 133 heavy (non-hydrogen) atoms. The lowest BCUT2D eigenvalue weighted by atomic mass is 9.80. The molecule has 5 aromatic carbocycles. The molecule has 23 nitrogen and oxygen atoms in total. The number of amides is 4. The van der Waals surface area contributed by atoms with E-state index in [2.05, 4.69) is 117 Å². The van der Waals surface area contributed by atoms with Gasteiger partial charge in [-0.2, -0.15) is 0 Å². The molecule has 5 N–H and O–H groups in total. The topological polar surface area (TPSA) is 259 Å². The molecular weight excluding hydrogens is 1960 g/mol. The van der Waals surface area contributed by atoms with Crippen LogP contribution in [0.3, 0.4) is 0 Å². The number of morpholine rings is 5. The van der Waals surface area contributed by atoms with Gasteiger partial charge in [-0.15, -0.1) is 56.7 Å². The van der Waals surface area contributed by atoms with Crippen molar-refractivity contribution in [3.8, 4) is 0 Å². The lowest BCUT2D eigenvalue weighted by Crippen LogP contribution is -2.53. The van der Waals surface area contributed by atoms with Gasteiger partial charge in [-0.05, 0) is 183 Å². The lowest BCUT2D eigenvalue weighted by molar-refractivity contribution is -0.124. The zero-order chi connectivity index (χ0) is 92.9. The van der Waals surface area contributed by atoms with E-state index in [0.29, 0.717) is 103 Å². The number of nitrogens with zero attached hydrogens (tertiary/aromatic N) is 5. The minimum absolute atomic E-state index is 0.0457. The number of unbranched alkanes of at least 4 members (excludes halogenated alkanes) is 1. The molecule has 20 rings (SSSR count). The minimum atomic E-state index is -0.713. The molecule has 4 amide bonds. The number of rotatable bonds is 19. The van der Waals surface area contributed by atoms with Gasteiger partial charge in [-0.25, -0.2) is 0 Å². The predicted molar refractivity (Wildman–Crippen MR) is 538 cm³/mol. The van der Waals surface area contributed by atoms with Gasteiger partial charge in [0.1, 0.15) is 17.1 Å². The second kappa shape index (κ2) is 46.1. The third-order valence-electron chi connectivity index (χ3n) is 25.6. The Bertz CT molecular complexity index is 5620. The van der Waals surface area contributed by atoms with Crippen LogP contribution < -0.4 is 45.8 Å². The molecule has 34 heteroatoms. The summed E-state index contributed by atoms with van der Waals surface area (Å²) in [4.78, 5) is 105. The Morgan fingerprint density at radius 2 is 0.805 bits per heavy atom. The minimum Gasteiger partial charge on any atom is -0.392 e. The van der Waals surface area contributed by atoms with Crippen molar-refractivity contribution < 1.29 is 67.1 Å². The Kier molecular flexibility index (Phi) is 34.0. The Balaban J connectivity index is 0.000000121. The van der Waals surface area contributed by atoms with Crippen molar-refractivity contribution in [3.63, 3.8) is 0 Å². The van der Waals surface area contributed by atoms with E-state index in [-0.39, 0.29) is 77.2 Å². The van der Waals surface area contributed by atoms with E-state index in [1.807, 2.05) is 91.9 Å². The van der Waals surface area contributed by atoms with Crippen LogP contribution in [0.25, 0.3) is 0 Å². The van der Waals surface area contributed by atoms with Crippen molar-refractivity contribution in [2.75, 3.05) is 183 Å². The van der Waals surface area contributed by atoms with Crippen LogP contribution >= 0.6 is 131 Å². The highest BCUT2D eigenvalue weighted by Gasteiger charge is 2.45. The molecule has 5 saturated heterocycles. The molecule has 10 aliphatic rings. The van der Waals surface area contributed by atoms with Gasteiger partial charge in [-0.3, -0.25) is 33.6 Å². The van der Waals surface area contributed by atoms with E-state index in [4.69, 9.17) is 86.4 Å². The number of methoxy groups -OCH3 is 1. The molecule has 5 fully saturated rings. The maximum Gasteiger partial charge on any atom is 0.262 e. The van der Waals surface area contributed by atoms with Crippen LogP contribution in [-0.4, -0.2) is 216 Å². The van der Waals surface area contributed by atoms with Gasteiger partial charge in [0.25, 0.3) is 11.8 Å². The normalized spacial score (nSPS) is 21.0. The Hall–Kier alpha value is -7.86. The van der Waals surface area contributed by atoms with Crippen molar-refractivity contribution in [3.05, 3.63) is 254 Å². The Labute approximate surface area is 828 Å². The first-order chi connectivity index (χ1) is 64.6. The highest BCUT2D eigenvalue weighted by atomic mass is 79.9. The third-order valence-corrected chi connectivity index (χ3v) is 34.4. The summed E-state index contributed by atoms with van der Waals surface area (Å²) in [5.41, 5.74) is 12.6. The molecule has 3 unspecified atom stereocenters. The van der Waals surface area contributed by atoms with Crippen LogP contribution in [0.1, 0.15) is 203 Å². The second-order valence-electron chi connectivity index (χ2n) is 33.9. The summed E-state index contributed by atoms with van der Waals surface area (Å²) in [7, 11) is 1.58. The Morgan fingerprint density at radius 3 is 1.23 bits per heavy atom. The number of fused-ring (bicyclic) bond motifs is 5. The first kappa shape index (κ1) is 98.2. The molecule has 0 spiro atoms. The smallest absolute Gasteiger partial charge is 0.262 e. The standard InChI is InChI=1S/C22H26ClN3O3S.C21H24ClN3O4S.C19H20ClNO3S.C19H20ClNO2S.C18H17BrClNO2S/c1-2-3-8-24-21(27)19-18(14-4-6-15(23)7-5-14)16-13-17(26-9-11-29-12-10-26)30-20(16)22(28)25-19;1-28-9-6-23-20(26)18-17(13-2-4-14(22)5-3-13)15-12-16(25-7-10-29-11-8-25)30-19(15)21(27)24-18;20-13-3-1-12(2-4-13)14-5-6-16(23)18-17(14)15(11-22)19(25-18)21-7-9-24-10-8-21;1-12-2-3-13(10-16(12)20)14-4-5-17(22)19-15(14)11-18(24-19)21-6-8-23-9-7-21;19-16-15-13(11-1-3-12(20)4-2-11)5-6-14(22)17(15)24-18(16)21-7-9-23-10-8-21/h4-7,13,18-19H,2-3,8-12H2,1H3,(H,24,27)(H,25,28);2-5,12,17-18H,6-11H2,1H3,(H,23,26)(H,24,27);1-4,14,22H,5-11H2;2-3,10-11,14H,4-9H2,1H3;1-4,13H,5-10H2/t18-,19-;17-,18-;;;/m11.../s1. The van der Waals surface area contributed by atoms with Crippen molar-refractivity contribution in [2.24, 2.45) is 0 Å². The van der Waals surface area contributed by atoms with Gasteiger partial charge < -0.3 is 79.3 Å². The number of carbonyl (C=O) groups is 7. The largest absolute Gasteiger partial charge is 0.392 e. The quantitative estimate of drug-likeness (QED) is 0.0471. The number of aliphatic hydroxyl groups is 1. The number of anilines is 5. The summed E-state index contributed by atoms with van der Waals surface area (Å²) in [5, 5.41) is 30.8. The molecule has 0 radical (unpaired) electrons. The fourth-order valence-electron chi connectivity index (χ4n) is 18.6. The fourth-order valence-corrected chi connectivity index (χ4v) is 26.6. The molecule has 10 aromatic rings. The van der Waals surface area contributed by atoms with Crippen LogP contribution in [0.2, 0.25) is 25.1 Å². The monoisotopic (exact) mass is 2060 g/mol. The third kappa shape index (κ3) is 22.9.